The molecule has 0 saturated carbocycles. The Morgan fingerprint density at radius 2 is 1.95 bits per heavy atom. The predicted molar refractivity (Wildman–Crippen MR) is 86.1 cm³/mol. The van der Waals surface area contributed by atoms with E-state index in [1.807, 2.05) is 30.3 Å². The minimum Gasteiger partial charge on any atom is -0.382 e. The van der Waals surface area contributed by atoms with Gasteiger partial charge in [0.05, 0.1) is 11.4 Å². The number of anilines is 3. The molecule has 20 heavy (non-hydrogen) atoms. The molecule has 0 unspecified atom stereocenters. The van der Waals surface area contributed by atoms with Gasteiger partial charge in [-0.2, -0.15) is 0 Å². The van der Waals surface area contributed by atoms with Crippen LogP contribution < -0.4 is 10.2 Å². The van der Waals surface area contributed by atoms with Crippen molar-refractivity contribution in [2.24, 2.45) is 0 Å². The molecule has 0 atom stereocenters. The van der Waals surface area contributed by atoms with Crippen molar-refractivity contribution in [3.8, 4) is 0 Å². The van der Waals surface area contributed by atoms with E-state index in [1.54, 1.807) is 6.92 Å². The summed E-state index contributed by atoms with van der Waals surface area (Å²) < 4.78 is 1.07. The van der Waals surface area contributed by atoms with Crippen molar-refractivity contribution in [1.82, 2.24) is 0 Å². The van der Waals surface area contributed by atoms with Gasteiger partial charge in [-0.3, -0.25) is 4.79 Å². The Morgan fingerprint density at radius 3 is 2.65 bits per heavy atom. The van der Waals surface area contributed by atoms with Crippen LogP contribution in [0.2, 0.25) is 0 Å². The first-order valence-corrected chi connectivity index (χ1v) is 7.36. The number of nitrogens with zero attached hydrogens (tertiary/aromatic N) is 1. The average Bonchev–Trinajstić information content (AvgIpc) is 2.46. The number of carbonyl (C=O) groups is 1. The van der Waals surface area contributed by atoms with Crippen LogP contribution in [0.25, 0.3) is 0 Å². The highest BCUT2D eigenvalue weighted by Crippen LogP contribution is 2.36. The smallest absolute Gasteiger partial charge is 0.159 e. The summed E-state index contributed by atoms with van der Waals surface area (Å²) in [5, 5.41) is 3.41. The molecule has 3 rings (SSSR count). The summed E-state index contributed by atoms with van der Waals surface area (Å²) in [6, 6.07) is 14.0. The molecular formula is C16H15BrN2O. The van der Waals surface area contributed by atoms with Gasteiger partial charge in [0.2, 0.25) is 0 Å². The van der Waals surface area contributed by atoms with Gasteiger partial charge in [0.1, 0.15) is 0 Å². The summed E-state index contributed by atoms with van der Waals surface area (Å²) >= 11 is 3.50. The van der Waals surface area contributed by atoms with E-state index in [4.69, 9.17) is 0 Å². The lowest BCUT2D eigenvalue weighted by Crippen LogP contribution is -2.30. The molecule has 2 aromatic carbocycles. The zero-order chi connectivity index (χ0) is 14.1. The Hall–Kier alpha value is -1.81. The van der Waals surface area contributed by atoms with Crippen LogP contribution in [0.1, 0.15) is 17.3 Å². The molecule has 1 N–H and O–H groups in total. The lowest BCUT2D eigenvalue weighted by atomic mass is 10.1. The molecule has 1 aliphatic heterocycles. The third-order valence-electron chi connectivity index (χ3n) is 3.49. The molecule has 0 amide bonds. The first-order chi connectivity index (χ1) is 9.65. The fourth-order valence-corrected chi connectivity index (χ4v) is 2.81. The summed E-state index contributed by atoms with van der Waals surface area (Å²) in [7, 11) is 0. The van der Waals surface area contributed by atoms with E-state index in [-0.39, 0.29) is 5.78 Å². The number of ketones is 1. The summed E-state index contributed by atoms with van der Waals surface area (Å²) in [6.45, 7) is 3.40. The molecule has 1 heterocycles. The van der Waals surface area contributed by atoms with Gasteiger partial charge in [-0.15, -0.1) is 0 Å². The molecule has 2 aromatic rings. The summed E-state index contributed by atoms with van der Waals surface area (Å²) in [4.78, 5) is 13.6. The molecular weight excluding hydrogens is 316 g/mol. The molecule has 0 spiro atoms. The Balaban J connectivity index is 1.98. The monoisotopic (exact) mass is 330 g/mol. The number of carbonyl (C=O) groups excluding carboxylic acids is 1. The molecule has 1 aliphatic rings. The number of Topliss-reactive ketones (excluding diaryl/α,β-unsaturated/α-hetero) is 1. The predicted octanol–water partition coefficient (Wildman–Crippen LogP) is 4.22. The molecule has 0 radical (unpaired) electrons. The molecule has 0 aromatic heterocycles. The van der Waals surface area contributed by atoms with Crippen LogP contribution in [0.15, 0.2) is 46.9 Å². The molecule has 4 heteroatoms. The summed E-state index contributed by atoms with van der Waals surface area (Å²) in [5.41, 5.74) is 4.15. The fourth-order valence-electron chi connectivity index (χ4n) is 2.45. The maximum absolute atomic E-state index is 11.3. The number of halogens is 1. The Labute approximate surface area is 126 Å². The van der Waals surface area contributed by atoms with E-state index in [0.29, 0.717) is 0 Å². The molecule has 0 saturated heterocycles. The first kappa shape index (κ1) is 13.2. The largest absolute Gasteiger partial charge is 0.382 e. The van der Waals surface area contributed by atoms with Crippen molar-refractivity contribution >= 4 is 38.8 Å². The third kappa shape index (κ3) is 2.43. The molecule has 0 bridgehead atoms. The number of fused-ring (bicyclic) bond motifs is 1. The van der Waals surface area contributed by atoms with Crippen molar-refractivity contribution in [1.29, 1.82) is 0 Å². The number of benzene rings is 2. The van der Waals surface area contributed by atoms with Gasteiger partial charge in [-0.05, 0) is 49.4 Å². The average molecular weight is 331 g/mol. The minimum absolute atomic E-state index is 0.0983. The second-order valence-corrected chi connectivity index (χ2v) is 5.76. The van der Waals surface area contributed by atoms with Gasteiger partial charge >= 0.3 is 0 Å². The maximum atomic E-state index is 11.3. The normalized spacial score (nSPS) is 13.6. The second kappa shape index (κ2) is 5.29. The number of nitrogens with one attached hydrogen (secondary N) is 1. The maximum Gasteiger partial charge on any atom is 0.159 e. The summed E-state index contributed by atoms with van der Waals surface area (Å²) in [5.74, 6) is 0.0983. The zero-order valence-electron chi connectivity index (χ0n) is 11.2. The van der Waals surface area contributed by atoms with E-state index < -0.39 is 0 Å². The van der Waals surface area contributed by atoms with Gasteiger partial charge in [0, 0.05) is 28.8 Å². The van der Waals surface area contributed by atoms with Crippen molar-refractivity contribution in [3.05, 3.63) is 52.5 Å². The van der Waals surface area contributed by atoms with Crippen LogP contribution in [0.3, 0.4) is 0 Å². The van der Waals surface area contributed by atoms with E-state index in [1.165, 1.54) is 0 Å². The first-order valence-electron chi connectivity index (χ1n) is 6.57. The van der Waals surface area contributed by atoms with Gasteiger partial charge < -0.3 is 10.2 Å². The van der Waals surface area contributed by atoms with Crippen molar-refractivity contribution in [2.45, 2.75) is 6.92 Å². The van der Waals surface area contributed by atoms with Crippen LogP contribution in [0, 0.1) is 0 Å². The molecule has 102 valence electrons. The van der Waals surface area contributed by atoms with Crippen LogP contribution in [-0.2, 0) is 0 Å². The SMILES string of the molecule is CC(=O)c1ccc(N2CCNc3cc(Br)ccc32)cc1. The third-order valence-corrected chi connectivity index (χ3v) is 3.98. The van der Waals surface area contributed by atoms with Crippen molar-refractivity contribution in [2.75, 3.05) is 23.3 Å². The summed E-state index contributed by atoms with van der Waals surface area (Å²) in [6.07, 6.45) is 0. The van der Waals surface area contributed by atoms with Gasteiger partial charge in [-0.25, -0.2) is 0 Å². The highest BCUT2D eigenvalue weighted by atomic mass is 79.9. The molecule has 0 aliphatic carbocycles. The lowest BCUT2D eigenvalue weighted by Gasteiger charge is -2.32. The number of rotatable bonds is 2. The Kier molecular flexibility index (Phi) is 3.49. The standard InChI is InChI=1S/C16H15BrN2O/c1-11(20)12-2-5-14(6-3-12)19-9-8-18-15-10-13(17)4-7-16(15)19/h2-7,10,18H,8-9H2,1H3. The van der Waals surface area contributed by atoms with Crippen LogP contribution in [0.4, 0.5) is 17.1 Å². The van der Waals surface area contributed by atoms with Crippen LogP contribution in [0.5, 0.6) is 0 Å². The van der Waals surface area contributed by atoms with E-state index in [9.17, 15) is 4.79 Å². The van der Waals surface area contributed by atoms with Gasteiger partial charge in [0.15, 0.2) is 5.78 Å². The molecule has 3 nitrogen and oxygen atoms in total. The Bertz CT molecular complexity index is 652. The molecule has 0 fully saturated rings. The number of hydrogen-bond acceptors (Lipinski definition) is 3. The topological polar surface area (TPSA) is 32.3 Å². The highest BCUT2D eigenvalue weighted by Gasteiger charge is 2.18. The van der Waals surface area contributed by atoms with Crippen LogP contribution >= 0.6 is 15.9 Å². The Morgan fingerprint density at radius 1 is 1.20 bits per heavy atom. The van der Waals surface area contributed by atoms with E-state index in [2.05, 4.69) is 38.3 Å². The van der Waals surface area contributed by atoms with Gasteiger partial charge in [0.25, 0.3) is 0 Å². The lowest BCUT2D eigenvalue weighted by molar-refractivity contribution is 0.101. The fraction of sp³-hybridized carbons (Fsp3) is 0.188. The quantitative estimate of drug-likeness (QED) is 0.837. The van der Waals surface area contributed by atoms with Crippen LogP contribution in [-0.4, -0.2) is 18.9 Å². The highest BCUT2D eigenvalue weighted by molar-refractivity contribution is 9.10. The van der Waals surface area contributed by atoms with Gasteiger partial charge in [-0.1, -0.05) is 15.9 Å². The van der Waals surface area contributed by atoms with Crippen molar-refractivity contribution < 1.29 is 4.79 Å². The number of hydrogen-bond donors (Lipinski definition) is 1. The van der Waals surface area contributed by atoms with Crippen molar-refractivity contribution in [3.63, 3.8) is 0 Å². The second-order valence-electron chi connectivity index (χ2n) is 4.84. The zero-order valence-corrected chi connectivity index (χ0v) is 12.8. The minimum atomic E-state index is 0.0983. The van der Waals surface area contributed by atoms with E-state index >= 15 is 0 Å². The van der Waals surface area contributed by atoms with E-state index in [0.717, 1.165) is 40.2 Å².